The van der Waals surface area contributed by atoms with E-state index in [4.69, 9.17) is 10.5 Å². The van der Waals surface area contributed by atoms with Crippen LogP contribution >= 0.6 is 28.3 Å². The molecular weight excluding hydrogens is 295 g/mol. The molecule has 0 saturated heterocycles. The zero-order valence-electron chi connectivity index (χ0n) is 8.83. The Morgan fingerprint density at radius 1 is 1.56 bits per heavy atom. The van der Waals surface area contributed by atoms with E-state index < -0.39 is 0 Å². The lowest BCUT2D eigenvalue weighted by Gasteiger charge is -2.07. The van der Waals surface area contributed by atoms with Crippen LogP contribution in [0.15, 0.2) is 22.7 Å². The van der Waals surface area contributed by atoms with Crippen LogP contribution in [0.5, 0.6) is 5.75 Å². The minimum atomic E-state index is -0.161. The molecule has 0 unspecified atom stereocenters. The first kappa shape index (κ1) is 15.2. The van der Waals surface area contributed by atoms with Crippen LogP contribution in [0.3, 0.4) is 0 Å². The Bertz CT molecular complexity index is 361. The fraction of sp³-hybridized carbons (Fsp3) is 0.300. The van der Waals surface area contributed by atoms with E-state index in [0.717, 1.165) is 4.47 Å². The van der Waals surface area contributed by atoms with Gasteiger partial charge >= 0.3 is 0 Å². The molecule has 0 atom stereocenters. The Balaban J connectivity index is 0.00000225. The van der Waals surface area contributed by atoms with Gasteiger partial charge in [0.15, 0.2) is 0 Å². The minimum Gasteiger partial charge on any atom is -0.497 e. The van der Waals surface area contributed by atoms with Crippen LogP contribution in [-0.4, -0.2) is 26.1 Å². The van der Waals surface area contributed by atoms with E-state index >= 15 is 0 Å². The molecule has 0 saturated carbocycles. The summed E-state index contributed by atoms with van der Waals surface area (Å²) in [6.07, 6.45) is 0. The number of halogens is 2. The van der Waals surface area contributed by atoms with Gasteiger partial charge < -0.3 is 15.8 Å². The van der Waals surface area contributed by atoms with Crippen LogP contribution in [0.25, 0.3) is 0 Å². The molecule has 1 aromatic rings. The Morgan fingerprint density at radius 3 is 2.81 bits per heavy atom. The Morgan fingerprint density at radius 2 is 2.25 bits per heavy atom. The molecule has 0 bridgehead atoms. The first-order chi connectivity index (χ1) is 7.19. The van der Waals surface area contributed by atoms with Crippen molar-refractivity contribution in [2.45, 2.75) is 0 Å². The molecule has 0 aliphatic heterocycles. The highest BCUT2D eigenvalue weighted by Crippen LogP contribution is 2.22. The smallest absolute Gasteiger partial charge is 0.252 e. The number of amides is 1. The van der Waals surface area contributed by atoms with E-state index in [2.05, 4.69) is 21.2 Å². The lowest BCUT2D eigenvalue weighted by atomic mass is 10.2. The highest BCUT2D eigenvalue weighted by molar-refractivity contribution is 9.10. The molecule has 0 spiro atoms. The van der Waals surface area contributed by atoms with Crippen LogP contribution in [0.4, 0.5) is 0 Å². The molecule has 16 heavy (non-hydrogen) atoms. The first-order valence-electron chi connectivity index (χ1n) is 4.51. The maximum atomic E-state index is 11.6. The average molecular weight is 310 g/mol. The van der Waals surface area contributed by atoms with Gasteiger partial charge in [-0.2, -0.15) is 0 Å². The molecule has 0 aromatic heterocycles. The van der Waals surface area contributed by atoms with Crippen LogP contribution in [0.1, 0.15) is 10.4 Å². The number of carbonyl (C=O) groups is 1. The maximum Gasteiger partial charge on any atom is 0.252 e. The molecule has 4 nitrogen and oxygen atoms in total. The molecule has 1 rings (SSSR count). The summed E-state index contributed by atoms with van der Waals surface area (Å²) in [5.41, 5.74) is 5.84. The van der Waals surface area contributed by atoms with Crippen molar-refractivity contribution in [3.8, 4) is 5.75 Å². The lowest BCUT2D eigenvalue weighted by molar-refractivity contribution is 0.0953. The molecule has 0 aliphatic carbocycles. The van der Waals surface area contributed by atoms with E-state index in [-0.39, 0.29) is 18.3 Å². The van der Waals surface area contributed by atoms with Crippen molar-refractivity contribution in [2.75, 3.05) is 20.2 Å². The van der Waals surface area contributed by atoms with Gasteiger partial charge in [-0.25, -0.2) is 0 Å². The van der Waals surface area contributed by atoms with Crippen LogP contribution in [-0.2, 0) is 0 Å². The Kier molecular flexibility index (Phi) is 7.12. The summed E-state index contributed by atoms with van der Waals surface area (Å²) in [6.45, 7) is 0.885. The number of methoxy groups -OCH3 is 1. The van der Waals surface area contributed by atoms with Gasteiger partial charge in [0.2, 0.25) is 0 Å². The number of nitrogens with two attached hydrogens (primary N) is 1. The van der Waals surface area contributed by atoms with Gasteiger partial charge in [0.25, 0.3) is 5.91 Å². The lowest BCUT2D eigenvalue weighted by Crippen LogP contribution is -2.29. The quantitative estimate of drug-likeness (QED) is 0.887. The molecular formula is C10H14BrClN2O2. The summed E-state index contributed by atoms with van der Waals surface area (Å²) in [6, 6.07) is 5.23. The molecule has 0 radical (unpaired) electrons. The van der Waals surface area contributed by atoms with E-state index in [9.17, 15) is 4.79 Å². The Hall–Kier alpha value is -0.780. The third kappa shape index (κ3) is 4.00. The van der Waals surface area contributed by atoms with Crippen molar-refractivity contribution in [1.29, 1.82) is 0 Å². The third-order valence-electron chi connectivity index (χ3n) is 1.85. The summed E-state index contributed by atoms with van der Waals surface area (Å²) in [5, 5.41) is 2.69. The summed E-state index contributed by atoms with van der Waals surface area (Å²) in [7, 11) is 1.56. The summed E-state index contributed by atoms with van der Waals surface area (Å²) in [5.74, 6) is 0.488. The summed E-state index contributed by atoms with van der Waals surface area (Å²) < 4.78 is 5.77. The highest BCUT2D eigenvalue weighted by Gasteiger charge is 2.10. The van der Waals surface area contributed by atoms with Crippen molar-refractivity contribution in [1.82, 2.24) is 5.32 Å². The van der Waals surface area contributed by atoms with Gasteiger partial charge in [-0.3, -0.25) is 4.79 Å². The van der Waals surface area contributed by atoms with Gasteiger partial charge in [-0.1, -0.05) is 0 Å². The molecule has 6 heteroatoms. The monoisotopic (exact) mass is 308 g/mol. The largest absolute Gasteiger partial charge is 0.497 e. The topological polar surface area (TPSA) is 64.3 Å². The highest BCUT2D eigenvalue weighted by atomic mass is 79.9. The zero-order valence-corrected chi connectivity index (χ0v) is 11.2. The summed E-state index contributed by atoms with van der Waals surface area (Å²) in [4.78, 5) is 11.6. The van der Waals surface area contributed by atoms with Gasteiger partial charge in [0.1, 0.15) is 5.75 Å². The molecule has 1 amide bonds. The minimum absolute atomic E-state index is 0. The number of rotatable bonds is 4. The van der Waals surface area contributed by atoms with Crippen LogP contribution in [0.2, 0.25) is 0 Å². The second kappa shape index (κ2) is 7.49. The van der Waals surface area contributed by atoms with Gasteiger partial charge in [0.05, 0.1) is 12.7 Å². The average Bonchev–Trinajstić information content (AvgIpc) is 2.26. The number of carbonyl (C=O) groups excluding carboxylic acids is 1. The van der Waals surface area contributed by atoms with E-state index in [1.54, 1.807) is 25.3 Å². The predicted molar refractivity (Wildman–Crippen MR) is 69.3 cm³/mol. The zero-order chi connectivity index (χ0) is 11.3. The van der Waals surface area contributed by atoms with Crippen molar-refractivity contribution in [3.63, 3.8) is 0 Å². The molecule has 0 heterocycles. The number of benzene rings is 1. The van der Waals surface area contributed by atoms with Crippen molar-refractivity contribution < 1.29 is 9.53 Å². The van der Waals surface area contributed by atoms with Gasteiger partial charge in [0, 0.05) is 17.6 Å². The molecule has 0 aliphatic rings. The van der Waals surface area contributed by atoms with Crippen molar-refractivity contribution >= 4 is 34.2 Å². The normalized spacial score (nSPS) is 9.19. The molecule has 1 aromatic carbocycles. The van der Waals surface area contributed by atoms with E-state index in [1.807, 2.05) is 0 Å². The number of hydrogen-bond donors (Lipinski definition) is 2. The fourth-order valence-corrected chi connectivity index (χ4v) is 1.51. The second-order valence-electron chi connectivity index (χ2n) is 2.89. The summed E-state index contributed by atoms with van der Waals surface area (Å²) >= 11 is 3.30. The first-order valence-corrected chi connectivity index (χ1v) is 5.30. The van der Waals surface area contributed by atoms with E-state index in [1.165, 1.54) is 0 Å². The molecule has 90 valence electrons. The fourth-order valence-electron chi connectivity index (χ4n) is 1.09. The number of ether oxygens (including phenoxy) is 1. The van der Waals surface area contributed by atoms with Crippen molar-refractivity contribution in [3.05, 3.63) is 28.2 Å². The third-order valence-corrected chi connectivity index (χ3v) is 2.54. The SMILES string of the molecule is COc1ccc(Br)c(C(=O)NCCN)c1.Cl. The predicted octanol–water partition coefficient (Wildman–Crippen LogP) is 1.57. The van der Waals surface area contributed by atoms with Crippen LogP contribution in [0, 0.1) is 0 Å². The second-order valence-corrected chi connectivity index (χ2v) is 3.74. The maximum absolute atomic E-state index is 11.6. The number of nitrogens with one attached hydrogen (secondary N) is 1. The Labute approximate surface area is 109 Å². The van der Waals surface area contributed by atoms with Gasteiger partial charge in [-0.05, 0) is 34.1 Å². The van der Waals surface area contributed by atoms with Crippen LogP contribution < -0.4 is 15.8 Å². The number of hydrogen-bond acceptors (Lipinski definition) is 3. The van der Waals surface area contributed by atoms with Crippen molar-refractivity contribution in [2.24, 2.45) is 5.73 Å². The standard InChI is InChI=1S/C10H13BrN2O2.ClH/c1-15-7-2-3-9(11)8(6-7)10(14)13-5-4-12;/h2-3,6H,4-5,12H2,1H3,(H,13,14);1H. The van der Waals surface area contributed by atoms with Gasteiger partial charge in [-0.15, -0.1) is 12.4 Å². The molecule has 3 N–H and O–H groups in total. The molecule has 0 fully saturated rings. The van der Waals surface area contributed by atoms with E-state index in [0.29, 0.717) is 24.4 Å².